The molecule has 1 aromatic heterocycles. The second-order valence-electron chi connectivity index (χ2n) is 4.74. The van der Waals surface area contributed by atoms with Crippen molar-refractivity contribution in [2.24, 2.45) is 0 Å². The standard InChI is InChI=1S/C13H13FN2O2/c1-7-2-3-9(14)6-11(7)12-15-13(18-16-12)8-4-10(17)5-8/h2-3,6,8,10,17H,4-5H2,1H3. The first-order valence-electron chi connectivity index (χ1n) is 5.91. The fourth-order valence-corrected chi connectivity index (χ4v) is 2.13. The number of rotatable bonds is 2. The highest BCUT2D eigenvalue weighted by Crippen LogP contribution is 2.36. The smallest absolute Gasteiger partial charge is 0.230 e. The van der Waals surface area contributed by atoms with Gasteiger partial charge in [0.05, 0.1) is 6.10 Å². The molecule has 1 aliphatic rings. The molecule has 0 atom stereocenters. The van der Waals surface area contributed by atoms with E-state index in [9.17, 15) is 9.50 Å². The molecule has 1 N–H and O–H groups in total. The van der Waals surface area contributed by atoms with Gasteiger partial charge in [0.2, 0.25) is 11.7 Å². The summed E-state index contributed by atoms with van der Waals surface area (Å²) in [6, 6.07) is 4.50. The van der Waals surface area contributed by atoms with Gasteiger partial charge in [-0.3, -0.25) is 0 Å². The summed E-state index contributed by atoms with van der Waals surface area (Å²) in [4.78, 5) is 4.28. The van der Waals surface area contributed by atoms with Crippen molar-refractivity contribution in [3.8, 4) is 11.4 Å². The van der Waals surface area contributed by atoms with E-state index in [0.29, 0.717) is 30.1 Å². The zero-order chi connectivity index (χ0) is 12.7. The van der Waals surface area contributed by atoms with Crippen LogP contribution in [0.1, 0.15) is 30.2 Å². The van der Waals surface area contributed by atoms with E-state index >= 15 is 0 Å². The van der Waals surface area contributed by atoms with Crippen LogP contribution in [-0.4, -0.2) is 21.4 Å². The summed E-state index contributed by atoms with van der Waals surface area (Å²) < 4.78 is 18.4. The van der Waals surface area contributed by atoms with Crippen molar-refractivity contribution >= 4 is 0 Å². The molecule has 0 spiro atoms. The second kappa shape index (κ2) is 4.17. The topological polar surface area (TPSA) is 59.2 Å². The number of aryl methyl sites for hydroxylation is 1. The maximum atomic E-state index is 13.2. The molecule has 1 aromatic carbocycles. The Bertz CT molecular complexity index is 576. The molecule has 4 nitrogen and oxygen atoms in total. The van der Waals surface area contributed by atoms with E-state index in [-0.39, 0.29) is 17.8 Å². The van der Waals surface area contributed by atoms with Crippen molar-refractivity contribution in [3.05, 3.63) is 35.5 Å². The van der Waals surface area contributed by atoms with Crippen LogP contribution in [0.2, 0.25) is 0 Å². The lowest BCUT2D eigenvalue weighted by Crippen LogP contribution is -2.26. The van der Waals surface area contributed by atoms with Gasteiger partial charge < -0.3 is 9.63 Å². The van der Waals surface area contributed by atoms with Gasteiger partial charge in [-0.15, -0.1) is 0 Å². The third-order valence-corrected chi connectivity index (χ3v) is 3.34. The molecule has 0 saturated heterocycles. The monoisotopic (exact) mass is 248 g/mol. The number of nitrogens with zero attached hydrogens (tertiary/aromatic N) is 2. The largest absolute Gasteiger partial charge is 0.393 e. The Morgan fingerprint density at radius 2 is 2.17 bits per heavy atom. The van der Waals surface area contributed by atoms with Crippen molar-refractivity contribution in [2.45, 2.75) is 31.8 Å². The van der Waals surface area contributed by atoms with E-state index < -0.39 is 0 Å². The zero-order valence-corrected chi connectivity index (χ0v) is 9.93. The number of aliphatic hydroxyl groups is 1. The van der Waals surface area contributed by atoms with Gasteiger partial charge in [0.1, 0.15) is 5.82 Å². The quantitative estimate of drug-likeness (QED) is 0.886. The molecule has 0 unspecified atom stereocenters. The van der Waals surface area contributed by atoms with Crippen LogP contribution in [0.3, 0.4) is 0 Å². The highest BCUT2D eigenvalue weighted by atomic mass is 19.1. The average molecular weight is 248 g/mol. The lowest BCUT2D eigenvalue weighted by Gasteiger charge is -2.27. The molecule has 1 heterocycles. The Morgan fingerprint density at radius 3 is 2.89 bits per heavy atom. The number of halogens is 1. The second-order valence-corrected chi connectivity index (χ2v) is 4.74. The van der Waals surface area contributed by atoms with Gasteiger partial charge in [-0.05, 0) is 37.5 Å². The predicted octanol–water partition coefficient (Wildman–Crippen LogP) is 2.42. The predicted molar refractivity (Wildman–Crippen MR) is 62.4 cm³/mol. The van der Waals surface area contributed by atoms with Crippen molar-refractivity contribution in [1.29, 1.82) is 0 Å². The molecule has 3 rings (SSSR count). The maximum absolute atomic E-state index is 13.2. The van der Waals surface area contributed by atoms with E-state index in [2.05, 4.69) is 10.1 Å². The normalized spacial score (nSPS) is 22.8. The van der Waals surface area contributed by atoms with Gasteiger partial charge in [0.15, 0.2) is 0 Å². The summed E-state index contributed by atoms with van der Waals surface area (Å²) in [6.45, 7) is 1.87. The molecule has 2 aromatic rings. The molecule has 18 heavy (non-hydrogen) atoms. The zero-order valence-electron chi connectivity index (χ0n) is 9.93. The van der Waals surface area contributed by atoms with Crippen molar-refractivity contribution in [2.75, 3.05) is 0 Å². The number of aliphatic hydroxyl groups excluding tert-OH is 1. The minimum absolute atomic E-state index is 0.134. The molecule has 1 fully saturated rings. The Balaban J connectivity index is 1.90. The summed E-state index contributed by atoms with van der Waals surface area (Å²) in [5, 5.41) is 13.1. The minimum atomic E-state index is -0.319. The van der Waals surface area contributed by atoms with Crippen LogP contribution in [0, 0.1) is 12.7 Å². The van der Waals surface area contributed by atoms with E-state index in [4.69, 9.17) is 4.52 Å². The van der Waals surface area contributed by atoms with Crippen molar-refractivity contribution < 1.29 is 14.0 Å². The third kappa shape index (κ3) is 1.90. The van der Waals surface area contributed by atoms with Gasteiger partial charge in [-0.25, -0.2) is 4.39 Å². The van der Waals surface area contributed by atoms with Gasteiger partial charge in [0.25, 0.3) is 0 Å². The van der Waals surface area contributed by atoms with Crippen LogP contribution in [0.5, 0.6) is 0 Å². The van der Waals surface area contributed by atoms with Crippen LogP contribution in [-0.2, 0) is 0 Å². The molecule has 0 radical (unpaired) electrons. The lowest BCUT2D eigenvalue weighted by atomic mass is 9.82. The minimum Gasteiger partial charge on any atom is -0.393 e. The maximum Gasteiger partial charge on any atom is 0.230 e. The van der Waals surface area contributed by atoms with E-state index in [0.717, 1.165) is 5.56 Å². The first-order valence-corrected chi connectivity index (χ1v) is 5.91. The molecule has 1 aliphatic carbocycles. The van der Waals surface area contributed by atoms with Gasteiger partial charge in [-0.1, -0.05) is 11.2 Å². The molecule has 5 heteroatoms. The van der Waals surface area contributed by atoms with E-state index in [1.54, 1.807) is 6.07 Å². The SMILES string of the molecule is Cc1ccc(F)cc1-c1noc(C2CC(O)C2)n1. The Kier molecular flexibility index (Phi) is 2.63. The molecule has 0 amide bonds. The summed E-state index contributed by atoms with van der Waals surface area (Å²) >= 11 is 0. The Hall–Kier alpha value is -1.75. The Labute approximate surface area is 103 Å². The van der Waals surface area contributed by atoms with Crippen molar-refractivity contribution in [1.82, 2.24) is 10.1 Å². The molecule has 0 aliphatic heterocycles. The highest BCUT2D eigenvalue weighted by molar-refractivity contribution is 5.59. The average Bonchev–Trinajstić information content (AvgIpc) is 2.77. The molecule has 0 bridgehead atoms. The van der Waals surface area contributed by atoms with Gasteiger partial charge in [0, 0.05) is 11.5 Å². The van der Waals surface area contributed by atoms with Gasteiger partial charge in [-0.2, -0.15) is 4.98 Å². The summed E-state index contributed by atoms with van der Waals surface area (Å²) in [7, 11) is 0. The fourth-order valence-electron chi connectivity index (χ4n) is 2.13. The fraction of sp³-hybridized carbons (Fsp3) is 0.385. The number of hydrogen-bond donors (Lipinski definition) is 1. The van der Waals surface area contributed by atoms with Crippen molar-refractivity contribution in [3.63, 3.8) is 0 Å². The van der Waals surface area contributed by atoms with Crippen LogP contribution >= 0.6 is 0 Å². The van der Waals surface area contributed by atoms with Crippen LogP contribution in [0.15, 0.2) is 22.7 Å². The summed E-state index contributed by atoms with van der Waals surface area (Å²) in [6.07, 6.45) is 1.05. The molecule has 1 saturated carbocycles. The van der Waals surface area contributed by atoms with Crippen LogP contribution in [0.4, 0.5) is 4.39 Å². The van der Waals surface area contributed by atoms with E-state index in [1.165, 1.54) is 12.1 Å². The first kappa shape index (κ1) is 11.3. The molecule has 94 valence electrons. The highest BCUT2D eigenvalue weighted by Gasteiger charge is 2.33. The summed E-state index contributed by atoms with van der Waals surface area (Å²) in [5.41, 5.74) is 1.54. The van der Waals surface area contributed by atoms with Crippen LogP contribution in [0.25, 0.3) is 11.4 Å². The number of aromatic nitrogens is 2. The molecular weight excluding hydrogens is 235 g/mol. The van der Waals surface area contributed by atoms with Crippen LogP contribution < -0.4 is 0 Å². The first-order chi connectivity index (χ1) is 8.63. The number of benzene rings is 1. The number of hydrogen-bond acceptors (Lipinski definition) is 4. The van der Waals surface area contributed by atoms with E-state index in [1.807, 2.05) is 6.92 Å². The molecular formula is C13H13FN2O2. The lowest BCUT2D eigenvalue weighted by molar-refractivity contribution is 0.0625. The Morgan fingerprint density at radius 1 is 1.39 bits per heavy atom. The summed E-state index contributed by atoms with van der Waals surface area (Å²) in [5.74, 6) is 0.749. The van der Waals surface area contributed by atoms with Gasteiger partial charge >= 0.3 is 0 Å². The third-order valence-electron chi connectivity index (χ3n) is 3.34.